The van der Waals surface area contributed by atoms with E-state index in [9.17, 15) is 0 Å². The number of ether oxygens (including phenoxy) is 3. The van der Waals surface area contributed by atoms with Crippen LogP contribution < -0.4 is 19.1 Å². The molecule has 5 rings (SSSR count). The van der Waals surface area contributed by atoms with E-state index in [2.05, 4.69) is 32.3 Å². The van der Waals surface area contributed by atoms with Crippen molar-refractivity contribution >= 4 is 22.0 Å². The van der Waals surface area contributed by atoms with Gasteiger partial charge in [-0.1, -0.05) is 23.5 Å². The van der Waals surface area contributed by atoms with Gasteiger partial charge in [-0.25, -0.2) is 0 Å². The number of hydrogen-bond acceptors (Lipinski definition) is 8. The van der Waals surface area contributed by atoms with Gasteiger partial charge in [0.15, 0.2) is 17.3 Å². The second-order valence-corrected chi connectivity index (χ2v) is 7.42. The van der Waals surface area contributed by atoms with Gasteiger partial charge in [-0.3, -0.25) is 0 Å². The van der Waals surface area contributed by atoms with E-state index in [0.29, 0.717) is 17.3 Å². The van der Waals surface area contributed by atoms with Gasteiger partial charge in [0.1, 0.15) is 17.4 Å². The fourth-order valence-corrected chi connectivity index (χ4v) is 3.75. The lowest BCUT2D eigenvalue weighted by Crippen LogP contribution is -2.08. The molecular weight excluding hydrogens is 378 g/mol. The highest BCUT2D eigenvalue weighted by atomic mass is 32.1. The van der Waals surface area contributed by atoms with E-state index < -0.39 is 0 Å². The first-order valence-corrected chi connectivity index (χ1v) is 9.50. The van der Waals surface area contributed by atoms with Gasteiger partial charge in [0, 0.05) is 31.4 Å². The number of aromatic nitrogens is 4. The summed E-state index contributed by atoms with van der Waals surface area (Å²) >= 11 is 1.50. The van der Waals surface area contributed by atoms with Crippen molar-refractivity contribution in [2.24, 2.45) is 0 Å². The molecule has 0 radical (unpaired) electrons. The normalized spacial score (nSPS) is 12.5. The van der Waals surface area contributed by atoms with Crippen molar-refractivity contribution in [2.75, 3.05) is 25.8 Å². The third-order valence-corrected chi connectivity index (χ3v) is 5.32. The van der Waals surface area contributed by atoms with E-state index in [4.69, 9.17) is 14.2 Å². The molecule has 1 aliphatic heterocycles. The third kappa shape index (κ3) is 2.99. The average molecular weight is 395 g/mol. The van der Waals surface area contributed by atoms with E-state index in [-0.39, 0.29) is 13.4 Å². The Bertz CT molecular complexity index is 1150. The number of fused-ring (bicyclic) bond motifs is 2. The highest BCUT2D eigenvalue weighted by Gasteiger charge is 2.16. The molecule has 2 aromatic carbocycles. The van der Waals surface area contributed by atoms with Crippen LogP contribution in [0.5, 0.6) is 17.2 Å². The smallest absolute Gasteiger partial charge is 0.235 e. The maximum atomic E-state index is 5.85. The molecule has 0 bridgehead atoms. The molecule has 0 saturated carbocycles. The minimum Gasteiger partial charge on any atom is -0.485 e. The van der Waals surface area contributed by atoms with Crippen LogP contribution in [-0.4, -0.2) is 40.7 Å². The van der Waals surface area contributed by atoms with E-state index >= 15 is 0 Å². The summed E-state index contributed by atoms with van der Waals surface area (Å²) in [6.07, 6.45) is 0. The molecule has 9 heteroatoms. The Balaban J connectivity index is 1.38. The van der Waals surface area contributed by atoms with Crippen molar-refractivity contribution in [3.63, 3.8) is 0 Å². The second-order valence-electron chi connectivity index (χ2n) is 6.47. The molecule has 28 heavy (non-hydrogen) atoms. The summed E-state index contributed by atoms with van der Waals surface area (Å²) in [6, 6.07) is 13.7. The zero-order valence-electron chi connectivity index (χ0n) is 15.3. The highest BCUT2D eigenvalue weighted by molar-refractivity contribution is 7.19. The van der Waals surface area contributed by atoms with Gasteiger partial charge in [0.25, 0.3) is 0 Å². The molecule has 8 nitrogen and oxygen atoms in total. The van der Waals surface area contributed by atoms with Crippen LogP contribution in [0.2, 0.25) is 0 Å². The summed E-state index contributed by atoms with van der Waals surface area (Å²) in [7, 11) is 4.03. The minimum absolute atomic E-state index is 0.236. The summed E-state index contributed by atoms with van der Waals surface area (Å²) in [5, 5.41) is 14.0. The van der Waals surface area contributed by atoms with Gasteiger partial charge in [-0.05, 0) is 24.3 Å². The topological polar surface area (TPSA) is 74.0 Å². The summed E-state index contributed by atoms with van der Waals surface area (Å²) < 4.78 is 18.3. The van der Waals surface area contributed by atoms with E-state index in [1.165, 1.54) is 11.3 Å². The fourth-order valence-electron chi connectivity index (χ4n) is 2.90. The quantitative estimate of drug-likeness (QED) is 0.514. The highest BCUT2D eigenvalue weighted by Crippen LogP contribution is 2.35. The van der Waals surface area contributed by atoms with Crippen molar-refractivity contribution in [3.05, 3.63) is 48.3 Å². The molecule has 0 fully saturated rings. The van der Waals surface area contributed by atoms with Gasteiger partial charge < -0.3 is 19.1 Å². The summed E-state index contributed by atoms with van der Waals surface area (Å²) in [5.41, 5.74) is 2.17. The van der Waals surface area contributed by atoms with Crippen molar-refractivity contribution in [2.45, 2.75) is 6.61 Å². The first-order chi connectivity index (χ1) is 13.7. The van der Waals surface area contributed by atoms with Crippen LogP contribution in [0.25, 0.3) is 15.5 Å². The maximum absolute atomic E-state index is 5.85. The van der Waals surface area contributed by atoms with Crippen LogP contribution in [0.15, 0.2) is 42.5 Å². The summed E-state index contributed by atoms with van der Waals surface area (Å²) in [5.74, 6) is 2.72. The Morgan fingerprint density at radius 3 is 2.89 bits per heavy atom. The lowest BCUT2D eigenvalue weighted by Gasteiger charge is -2.12. The average Bonchev–Trinajstić information content (AvgIpc) is 3.42. The zero-order chi connectivity index (χ0) is 19.1. The maximum Gasteiger partial charge on any atom is 0.235 e. The first kappa shape index (κ1) is 16.8. The molecular formula is C19H17N5O3S. The standard InChI is InChI=1S/C19H17N5O3S/c1-23(2)13-5-3-4-12(8-13)18-22-24-17(20-21-19(24)28-18)10-25-14-6-7-15-16(9-14)27-11-26-15/h3-9H,10-11H2,1-2H3. The largest absolute Gasteiger partial charge is 0.485 e. The van der Waals surface area contributed by atoms with Crippen molar-refractivity contribution < 1.29 is 14.2 Å². The minimum atomic E-state index is 0.236. The van der Waals surface area contributed by atoms with Crippen molar-refractivity contribution in [1.29, 1.82) is 0 Å². The van der Waals surface area contributed by atoms with Crippen LogP contribution in [0.3, 0.4) is 0 Å². The fraction of sp³-hybridized carbons (Fsp3) is 0.211. The van der Waals surface area contributed by atoms with E-state index in [1.54, 1.807) is 10.6 Å². The molecule has 0 spiro atoms. The molecule has 4 aromatic rings. The number of hydrogen-bond donors (Lipinski definition) is 0. The molecule has 3 heterocycles. The number of benzene rings is 2. The third-order valence-electron chi connectivity index (χ3n) is 4.38. The predicted molar refractivity (Wildman–Crippen MR) is 105 cm³/mol. The predicted octanol–water partition coefficient (Wildman–Crippen LogP) is 3.23. The van der Waals surface area contributed by atoms with Gasteiger partial charge in [-0.15, -0.1) is 10.2 Å². The Morgan fingerprint density at radius 1 is 1.11 bits per heavy atom. The van der Waals surface area contributed by atoms with Gasteiger partial charge in [0.2, 0.25) is 11.8 Å². The lowest BCUT2D eigenvalue weighted by molar-refractivity contribution is 0.173. The summed E-state index contributed by atoms with van der Waals surface area (Å²) in [4.78, 5) is 2.79. The first-order valence-electron chi connectivity index (χ1n) is 8.69. The number of nitrogens with zero attached hydrogens (tertiary/aromatic N) is 5. The summed E-state index contributed by atoms with van der Waals surface area (Å²) in [6.45, 7) is 0.488. The molecule has 2 aromatic heterocycles. The molecule has 0 amide bonds. The lowest BCUT2D eigenvalue weighted by atomic mass is 10.2. The van der Waals surface area contributed by atoms with Crippen molar-refractivity contribution in [1.82, 2.24) is 19.8 Å². The zero-order valence-corrected chi connectivity index (χ0v) is 16.1. The van der Waals surface area contributed by atoms with Gasteiger partial charge in [-0.2, -0.15) is 9.61 Å². The number of rotatable bonds is 5. The SMILES string of the molecule is CN(C)c1cccc(-c2nn3c(COc4ccc5c(c4)OCO5)nnc3s2)c1. The van der Waals surface area contributed by atoms with Crippen LogP contribution in [0, 0.1) is 0 Å². The van der Waals surface area contributed by atoms with Crippen LogP contribution in [0.4, 0.5) is 5.69 Å². The molecule has 0 N–H and O–H groups in total. The Hall–Kier alpha value is -3.33. The van der Waals surface area contributed by atoms with Crippen LogP contribution >= 0.6 is 11.3 Å². The van der Waals surface area contributed by atoms with Gasteiger partial charge >= 0.3 is 0 Å². The molecule has 0 aliphatic carbocycles. The van der Waals surface area contributed by atoms with E-state index in [0.717, 1.165) is 27.0 Å². The second kappa shape index (κ2) is 6.68. The van der Waals surface area contributed by atoms with Crippen molar-refractivity contribution in [3.8, 4) is 27.8 Å². The molecule has 1 aliphatic rings. The number of anilines is 1. The molecule has 0 atom stereocenters. The van der Waals surface area contributed by atoms with Crippen LogP contribution in [-0.2, 0) is 6.61 Å². The molecule has 0 unspecified atom stereocenters. The Morgan fingerprint density at radius 2 is 2.00 bits per heavy atom. The van der Waals surface area contributed by atoms with Gasteiger partial charge in [0.05, 0.1) is 0 Å². The monoisotopic (exact) mass is 395 g/mol. The van der Waals surface area contributed by atoms with E-state index in [1.807, 2.05) is 38.4 Å². The Kier molecular flexibility index (Phi) is 4.01. The molecule has 142 valence electrons. The Labute approximate surface area is 164 Å². The van der Waals surface area contributed by atoms with Crippen LogP contribution in [0.1, 0.15) is 5.82 Å². The molecule has 0 saturated heterocycles.